The first-order valence-electron chi connectivity index (χ1n) is 8.52. The van der Waals surface area contributed by atoms with Crippen LogP contribution >= 0.6 is 0 Å². The molecule has 0 aromatic heterocycles. The van der Waals surface area contributed by atoms with Gasteiger partial charge >= 0.3 is 0 Å². The van der Waals surface area contributed by atoms with E-state index in [9.17, 15) is 9.18 Å². The summed E-state index contributed by atoms with van der Waals surface area (Å²) in [5.41, 5.74) is 1.68. The molecule has 0 spiro atoms. The van der Waals surface area contributed by atoms with Crippen LogP contribution in [0.15, 0.2) is 72.8 Å². The van der Waals surface area contributed by atoms with E-state index in [1.807, 2.05) is 45.0 Å². The van der Waals surface area contributed by atoms with Crippen molar-refractivity contribution in [2.45, 2.75) is 20.8 Å². The van der Waals surface area contributed by atoms with Gasteiger partial charge in [0.2, 0.25) is 0 Å². The Hall–Kier alpha value is -3.14. The molecule has 26 heavy (non-hydrogen) atoms. The van der Waals surface area contributed by atoms with Crippen LogP contribution in [0.25, 0.3) is 0 Å². The largest absolute Gasteiger partial charge is 0.457 e. The van der Waals surface area contributed by atoms with E-state index < -0.39 is 11.7 Å². The molecule has 3 aromatic rings. The monoisotopic (exact) mass is 351 g/mol. The van der Waals surface area contributed by atoms with Crippen LogP contribution in [0.2, 0.25) is 0 Å². The zero-order valence-corrected chi connectivity index (χ0v) is 15.1. The number of hydrogen-bond acceptors (Lipinski definition) is 2. The fraction of sp³-hybridized carbons (Fsp3) is 0.136. The molecule has 134 valence electrons. The van der Waals surface area contributed by atoms with E-state index in [0.717, 1.165) is 5.56 Å². The fourth-order valence-electron chi connectivity index (χ4n) is 2.22. The second-order valence-corrected chi connectivity index (χ2v) is 5.38. The van der Waals surface area contributed by atoms with E-state index in [4.69, 9.17) is 4.74 Å². The Bertz CT molecular complexity index is 860. The molecule has 1 N–H and O–H groups in total. The predicted molar refractivity (Wildman–Crippen MR) is 103 cm³/mol. The molecule has 0 unspecified atom stereocenters. The van der Waals surface area contributed by atoms with Crippen LogP contribution in [-0.2, 0) is 0 Å². The normalized spacial score (nSPS) is 9.69. The molecule has 0 saturated carbocycles. The van der Waals surface area contributed by atoms with Gasteiger partial charge in [-0.05, 0) is 43.3 Å². The molecular weight excluding hydrogens is 329 g/mol. The average molecular weight is 351 g/mol. The summed E-state index contributed by atoms with van der Waals surface area (Å²) in [6.07, 6.45) is 0. The standard InChI is InChI=1S/C20H16FNO2.C2H6/c1-14-9-11-16(12-10-14)24-17-6-4-5-15(13-17)22-20(23)18-7-2-3-8-19(18)21;1-2/h2-13H,1H3,(H,22,23);1-2H3. The minimum Gasteiger partial charge on any atom is -0.457 e. The first-order valence-corrected chi connectivity index (χ1v) is 8.52. The molecule has 0 bridgehead atoms. The van der Waals surface area contributed by atoms with Crippen LogP contribution < -0.4 is 10.1 Å². The second-order valence-electron chi connectivity index (χ2n) is 5.38. The summed E-state index contributed by atoms with van der Waals surface area (Å²) >= 11 is 0. The summed E-state index contributed by atoms with van der Waals surface area (Å²) < 4.78 is 19.4. The van der Waals surface area contributed by atoms with Gasteiger partial charge in [-0.25, -0.2) is 4.39 Å². The predicted octanol–water partition coefficient (Wildman–Crippen LogP) is 6.20. The van der Waals surface area contributed by atoms with Crippen LogP contribution in [0, 0.1) is 12.7 Å². The minimum absolute atomic E-state index is 0.00218. The van der Waals surface area contributed by atoms with Crippen molar-refractivity contribution in [1.82, 2.24) is 0 Å². The molecule has 1 amide bonds. The Labute approximate surface area is 153 Å². The highest BCUT2D eigenvalue weighted by molar-refractivity contribution is 6.04. The number of amides is 1. The minimum atomic E-state index is -0.554. The van der Waals surface area contributed by atoms with Crippen molar-refractivity contribution in [2.24, 2.45) is 0 Å². The smallest absolute Gasteiger partial charge is 0.258 e. The van der Waals surface area contributed by atoms with Crippen molar-refractivity contribution >= 4 is 11.6 Å². The third kappa shape index (κ3) is 5.18. The Kier molecular flexibility index (Phi) is 6.92. The first kappa shape index (κ1) is 19.2. The molecule has 0 aliphatic heterocycles. The summed E-state index contributed by atoms with van der Waals surface area (Å²) in [6.45, 7) is 6.00. The molecule has 0 aliphatic rings. The SMILES string of the molecule is CC.Cc1ccc(Oc2cccc(NC(=O)c3ccccc3F)c2)cc1. The summed E-state index contributed by atoms with van der Waals surface area (Å²) in [7, 11) is 0. The maximum atomic E-state index is 13.7. The summed E-state index contributed by atoms with van der Waals surface area (Å²) in [4.78, 5) is 12.2. The molecule has 0 atom stereocenters. The highest BCUT2D eigenvalue weighted by atomic mass is 19.1. The van der Waals surface area contributed by atoms with Crippen LogP contribution in [0.1, 0.15) is 29.8 Å². The maximum absolute atomic E-state index is 13.7. The van der Waals surface area contributed by atoms with Crippen molar-refractivity contribution in [1.29, 1.82) is 0 Å². The van der Waals surface area contributed by atoms with Gasteiger partial charge in [0.15, 0.2) is 0 Å². The number of halogens is 1. The Morgan fingerprint density at radius 3 is 2.27 bits per heavy atom. The number of hydrogen-bond donors (Lipinski definition) is 1. The third-order valence-corrected chi connectivity index (χ3v) is 3.47. The first-order chi connectivity index (χ1) is 12.6. The van der Waals surface area contributed by atoms with Gasteiger partial charge in [-0.2, -0.15) is 0 Å². The zero-order chi connectivity index (χ0) is 18.9. The topological polar surface area (TPSA) is 38.3 Å². The Balaban J connectivity index is 0.00000117. The molecular formula is C22H22FNO2. The van der Waals surface area contributed by atoms with E-state index in [0.29, 0.717) is 17.2 Å². The van der Waals surface area contributed by atoms with Crippen LogP contribution in [0.4, 0.5) is 10.1 Å². The van der Waals surface area contributed by atoms with Gasteiger partial charge in [-0.3, -0.25) is 4.79 Å². The molecule has 3 nitrogen and oxygen atoms in total. The number of benzene rings is 3. The molecule has 0 fully saturated rings. The van der Waals surface area contributed by atoms with E-state index in [-0.39, 0.29) is 5.56 Å². The molecule has 0 saturated heterocycles. The van der Waals surface area contributed by atoms with Gasteiger partial charge < -0.3 is 10.1 Å². The van der Waals surface area contributed by atoms with E-state index in [1.165, 1.54) is 12.1 Å². The zero-order valence-electron chi connectivity index (χ0n) is 15.1. The number of rotatable bonds is 4. The Morgan fingerprint density at radius 1 is 0.885 bits per heavy atom. The number of nitrogens with one attached hydrogen (secondary N) is 1. The van der Waals surface area contributed by atoms with Crippen LogP contribution in [0.5, 0.6) is 11.5 Å². The summed E-state index contributed by atoms with van der Waals surface area (Å²) in [5, 5.41) is 2.68. The van der Waals surface area contributed by atoms with E-state index in [1.54, 1.807) is 36.4 Å². The van der Waals surface area contributed by atoms with Gasteiger partial charge in [-0.15, -0.1) is 0 Å². The lowest BCUT2D eigenvalue weighted by Crippen LogP contribution is -2.13. The van der Waals surface area contributed by atoms with Gasteiger partial charge in [0.05, 0.1) is 5.56 Å². The lowest BCUT2D eigenvalue weighted by molar-refractivity contribution is 0.102. The summed E-state index contributed by atoms with van der Waals surface area (Å²) in [6, 6.07) is 20.5. The van der Waals surface area contributed by atoms with Crippen molar-refractivity contribution < 1.29 is 13.9 Å². The van der Waals surface area contributed by atoms with Crippen molar-refractivity contribution in [3.8, 4) is 11.5 Å². The molecule has 0 radical (unpaired) electrons. The highest BCUT2D eigenvalue weighted by Crippen LogP contribution is 2.24. The highest BCUT2D eigenvalue weighted by Gasteiger charge is 2.11. The lowest BCUT2D eigenvalue weighted by atomic mass is 10.2. The maximum Gasteiger partial charge on any atom is 0.258 e. The quantitative estimate of drug-likeness (QED) is 0.607. The summed E-state index contributed by atoms with van der Waals surface area (Å²) in [5.74, 6) is 0.242. The molecule has 4 heteroatoms. The van der Waals surface area contributed by atoms with E-state index >= 15 is 0 Å². The van der Waals surface area contributed by atoms with Gasteiger partial charge in [0, 0.05) is 11.8 Å². The molecule has 3 aromatic carbocycles. The van der Waals surface area contributed by atoms with Crippen molar-refractivity contribution in [3.05, 3.63) is 89.7 Å². The fourth-order valence-corrected chi connectivity index (χ4v) is 2.22. The number of aryl methyl sites for hydroxylation is 1. The number of ether oxygens (including phenoxy) is 1. The number of carbonyl (C=O) groups is 1. The number of carbonyl (C=O) groups excluding carboxylic acids is 1. The van der Waals surface area contributed by atoms with Crippen molar-refractivity contribution in [2.75, 3.05) is 5.32 Å². The molecule has 0 aliphatic carbocycles. The molecule has 3 rings (SSSR count). The lowest BCUT2D eigenvalue weighted by Gasteiger charge is -2.09. The molecule has 0 heterocycles. The van der Waals surface area contributed by atoms with Gasteiger partial charge in [0.1, 0.15) is 17.3 Å². The van der Waals surface area contributed by atoms with Crippen molar-refractivity contribution in [3.63, 3.8) is 0 Å². The van der Waals surface area contributed by atoms with E-state index in [2.05, 4.69) is 5.32 Å². The van der Waals surface area contributed by atoms with Gasteiger partial charge in [-0.1, -0.05) is 49.7 Å². The van der Waals surface area contributed by atoms with Crippen LogP contribution in [0.3, 0.4) is 0 Å². The van der Waals surface area contributed by atoms with Gasteiger partial charge in [0.25, 0.3) is 5.91 Å². The number of anilines is 1. The van der Waals surface area contributed by atoms with Crippen LogP contribution in [-0.4, -0.2) is 5.91 Å². The second kappa shape index (κ2) is 9.37. The Morgan fingerprint density at radius 2 is 1.58 bits per heavy atom. The third-order valence-electron chi connectivity index (χ3n) is 3.47. The average Bonchev–Trinajstić information content (AvgIpc) is 2.66.